The van der Waals surface area contributed by atoms with Crippen LogP contribution in [0.1, 0.15) is 119 Å². The van der Waals surface area contributed by atoms with Crippen LogP contribution in [0.15, 0.2) is 23.9 Å². The quantitative estimate of drug-likeness (QED) is 0.347. The van der Waals surface area contributed by atoms with Crippen LogP contribution in [-0.4, -0.2) is 23.1 Å². The maximum absolute atomic E-state index is 14.8. The number of ketones is 2. The Morgan fingerprint density at radius 1 is 0.930 bits per heavy atom. The third-order valence-corrected chi connectivity index (χ3v) is 14.6. The number of urea groups is 1. The molecule has 43 heavy (non-hydrogen) atoms. The summed E-state index contributed by atoms with van der Waals surface area (Å²) < 4.78 is 0. The molecule has 6 nitrogen and oxygen atoms in total. The lowest BCUT2D eigenvalue weighted by atomic mass is 9.31. The first-order chi connectivity index (χ1) is 20.0. The third kappa shape index (κ3) is 4.33. The van der Waals surface area contributed by atoms with Gasteiger partial charge in [-0.2, -0.15) is 5.26 Å². The van der Waals surface area contributed by atoms with Crippen LogP contribution in [-0.2, 0) is 9.59 Å². The van der Waals surface area contributed by atoms with Crippen LogP contribution in [0, 0.1) is 68.0 Å². The van der Waals surface area contributed by atoms with Gasteiger partial charge in [0.25, 0.3) is 0 Å². The summed E-state index contributed by atoms with van der Waals surface area (Å²) in [6.07, 6.45) is 15.6. The van der Waals surface area contributed by atoms with Gasteiger partial charge in [-0.05, 0) is 110 Å². The molecule has 6 aliphatic rings. The second-order valence-corrected chi connectivity index (χ2v) is 17.5. The molecule has 4 unspecified atom stereocenters. The van der Waals surface area contributed by atoms with Crippen LogP contribution in [0.2, 0.25) is 0 Å². The molecule has 0 radical (unpaired) electrons. The van der Waals surface area contributed by atoms with Gasteiger partial charge in [0, 0.05) is 29.0 Å². The molecule has 0 spiro atoms. The van der Waals surface area contributed by atoms with E-state index in [1.807, 2.05) is 12.2 Å². The highest BCUT2D eigenvalue weighted by Crippen LogP contribution is 2.75. The number of fused-ring (bicyclic) bond motifs is 7. The molecule has 0 aromatic heterocycles. The molecule has 0 heterocycles. The fraction of sp³-hybridized carbons (Fsp3) is 0.784. The van der Waals surface area contributed by atoms with Crippen molar-refractivity contribution < 1.29 is 14.4 Å². The Hall–Kier alpha value is -2.42. The molecule has 0 bridgehead atoms. The van der Waals surface area contributed by atoms with E-state index in [-0.39, 0.29) is 62.7 Å². The summed E-state index contributed by atoms with van der Waals surface area (Å²) in [4.78, 5) is 41.7. The maximum atomic E-state index is 14.8. The lowest BCUT2D eigenvalue weighted by Crippen LogP contribution is -2.72. The van der Waals surface area contributed by atoms with Crippen LogP contribution in [0.3, 0.4) is 0 Å². The molecule has 0 saturated heterocycles. The highest BCUT2D eigenvalue weighted by Gasteiger charge is 2.73. The van der Waals surface area contributed by atoms with Crippen LogP contribution in [0.25, 0.3) is 0 Å². The molecule has 0 aromatic rings. The van der Waals surface area contributed by atoms with Crippen molar-refractivity contribution in [1.29, 1.82) is 5.26 Å². The van der Waals surface area contributed by atoms with Gasteiger partial charge in [0.15, 0.2) is 5.78 Å². The van der Waals surface area contributed by atoms with Crippen LogP contribution in [0.5, 0.6) is 0 Å². The van der Waals surface area contributed by atoms with Gasteiger partial charge in [0.2, 0.25) is 0 Å². The van der Waals surface area contributed by atoms with Crippen molar-refractivity contribution in [3.8, 4) is 6.07 Å². The number of rotatable bonds is 2. The van der Waals surface area contributed by atoms with Crippen molar-refractivity contribution in [2.24, 2.45) is 56.7 Å². The van der Waals surface area contributed by atoms with E-state index in [0.717, 1.165) is 63.5 Å². The summed E-state index contributed by atoms with van der Waals surface area (Å²) in [5.74, 6) is 0.135. The topological polar surface area (TPSA) is 99.1 Å². The van der Waals surface area contributed by atoms with Gasteiger partial charge in [-0.3, -0.25) is 9.59 Å². The molecular weight excluding hydrogens is 534 g/mol. The molecule has 0 aromatic carbocycles. The number of Topliss-reactive ketones (excluding diaryl/α,β-unsaturated/α-hetero) is 2. The minimum atomic E-state index is -0.602. The summed E-state index contributed by atoms with van der Waals surface area (Å²) in [5.41, 5.74) is -0.422. The second-order valence-electron chi connectivity index (χ2n) is 17.5. The fourth-order valence-electron chi connectivity index (χ4n) is 12.1. The van der Waals surface area contributed by atoms with E-state index in [0.29, 0.717) is 18.6 Å². The van der Waals surface area contributed by atoms with Crippen molar-refractivity contribution in [2.75, 3.05) is 0 Å². The SMILES string of the molecule is CC1(C)CC[C@]2(NC(=O)NC3=CC=CCC3)CC[C@]3(C)C(C(=O)CC4[C@@]5(C)CC(C#N)C(=O)C(C)(C)[C@@H]5CC[C@]43C)C2C1. The molecular formula is C37H53N3O3. The zero-order valence-corrected chi connectivity index (χ0v) is 27.6. The van der Waals surface area contributed by atoms with Gasteiger partial charge in [0.05, 0.1) is 6.07 Å². The van der Waals surface area contributed by atoms with E-state index in [2.05, 4.69) is 71.2 Å². The molecule has 5 fully saturated rings. The Bertz CT molecular complexity index is 1340. The molecule has 6 rings (SSSR count). The van der Waals surface area contributed by atoms with E-state index in [1.165, 1.54) is 0 Å². The number of nitrogens with zero attached hydrogens (tertiary/aromatic N) is 1. The minimum absolute atomic E-state index is 0.0808. The van der Waals surface area contributed by atoms with Crippen LogP contribution in [0.4, 0.5) is 4.79 Å². The number of hydrogen-bond donors (Lipinski definition) is 2. The summed E-state index contributed by atoms with van der Waals surface area (Å²) in [6.45, 7) is 15.9. The number of amides is 2. The fourth-order valence-corrected chi connectivity index (χ4v) is 12.1. The normalized spacial score (nSPS) is 46.2. The van der Waals surface area contributed by atoms with Gasteiger partial charge >= 0.3 is 6.03 Å². The first-order valence-corrected chi connectivity index (χ1v) is 16.9. The van der Waals surface area contributed by atoms with E-state index in [4.69, 9.17) is 0 Å². The molecule has 6 aliphatic carbocycles. The molecule has 5 saturated carbocycles. The molecule has 0 aliphatic heterocycles. The number of carbonyl (C=O) groups is 3. The Morgan fingerprint density at radius 2 is 1.65 bits per heavy atom. The predicted octanol–water partition coefficient (Wildman–Crippen LogP) is 7.65. The molecule has 2 amide bonds. The number of carbonyl (C=O) groups excluding carboxylic acids is 3. The second kappa shape index (κ2) is 9.79. The van der Waals surface area contributed by atoms with Gasteiger partial charge < -0.3 is 10.6 Å². The first kappa shape index (κ1) is 30.6. The van der Waals surface area contributed by atoms with Crippen molar-refractivity contribution in [3.05, 3.63) is 23.9 Å². The van der Waals surface area contributed by atoms with E-state index >= 15 is 0 Å². The zero-order valence-electron chi connectivity index (χ0n) is 27.6. The van der Waals surface area contributed by atoms with Crippen molar-refractivity contribution >= 4 is 17.6 Å². The predicted molar refractivity (Wildman–Crippen MR) is 167 cm³/mol. The average molecular weight is 588 g/mol. The summed E-state index contributed by atoms with van der Waals surface area (Å²) in [5, 5.41) is 16.7. The Balaban J connectivity index is 1.36. The number of hydrogen-bond acceptors (Lipinski definition) is 4. The first-order valence-electron chi connectivity index (χ1n) is 16.9. The molecule has 6 heteroatoms. The third-order valence-electron chi connectivity index (χ3n) is 14.6. The van der Waals surface area contributed by atoms with E-state index in [9.17, 15) is 19.6 Å². The summed E-state index contributed by atoms with van der Waals surface area (Å²) in [7, 11) is 0. The monoisotopic (exact) mass is 587 g/mol. The Labute approximate surface area is 258 Å². The van der Waals surface area contributed by atoms with Crippen molar-refractivity contribution in [3.63, 3.8) is 0 Å². The van der Waals surface area contributed by atoms with Crippen LogP contribution >= 0.6 is 0 Å². The number of allylic oxidation sites excluding steroid dienone is 4. The van der Waals surface area contributed by atoms with Crippen molar-refractivity contribution in [2.45, 2.75) is 125 Å². The molecule has 9 atom stereocenters. The maximum Gasteiger partial charge on any atom is 0.319 e. The smallest absolute Gasteiger partial charge is 0.319 e. The molecule has 234 valence electrons. The number of nitrogens with one attached hydrogen (secondary N) is 2. The average Bonchev–Trinajstić information content (AvgIpc) is 2.93. The van der Waals surface area contributed by atoms with Crippen LogP contribution < -0.4 is 10.6 Å². The standard InChI is InChI=1S/C37H53N3O3/c1-32(2)15-17-37(40-31(43)39-24-11-9-8-10-12-24)18-16-36(7)29(25(37)21-32)26(41)19-28-34(5)20-23(22-38)30(42)33(3,4)27(34)13-14-35(28,36)6/h8-9,11,23,25,27-29H,10,12-21H2,1-7H3,(H2,39,40,43)/t23?,25?,27-,28?,29?,34-,35+,36+,37-/m0/s1. The largest absolute Gasteiger partial charge is 0.332 e. The van der Waals surface area contributed by atoms with Crippen molar-refractivity contribution in [1.82, 2.24) is 10.6 Å². The highest BCUT2D eigenvalue weighted by atomic mass is 16.2. The van der Waals surface area contributed by atoms with Gasteiger partial charge in [-0.1, -0.05) is 60.6 Å². The zero-order chi connectivity index (χ0) is 31.2. The van der Waals surface area contributed by atoms with E-state index < -0.39 is 11.3 Å². The highest BCUT2D eigenvalue weighted by molar-refractivity contribution is 5.90. The lowest BCUT2D eigenvalue weighted by Gasteiger charge is -2.72. The Kier molecular flexibility index (Phi) is 6.97. The van der Waals surface area contributed by atoms with Gasteiger partial charge in [-0.15, -0.1) is 0 Å². The Morgan fingerprint density at radius 3 is 2.33 bits per heavy atom. The molecule has 2 N–H and O–H groups in total. The summed E-state index contributed by atoms with van der Waals surface area (Å²) in [6, 6.07) is 2.23. The van der Waals surface area contributed by atoms with Gasteiger partial charge in [0.1, 0.15) is 11.7 Å². The minimum Gasteiger partial charge on any atom is -0.332 e. The van der Waals surface area contributed by atoms with E-state index in [1.54, 1.807) is 0 Å². The lowest BCUT2D eigenvalue weighted by molar-refractivity contribution is -0.229. The van der Waals surface area contributed by atoms with Gasteiger partial charge in [-0.25, -0.2) is 4.79 Å². The number of nitriles is 1. The summed E-state index contributed by atoms with van der Waals surface area (Å²) >= 11 is 0.